The van der Waals surface area contributed by atoms with Gasteiger partial charge in [-0.05, 0) is 24.3 Å². The molecular formula is C12H8N2. The van der Waals surface area contributed by atoms with E-state index in [2.05, 4.69) is 51.8 Å². The van der Waals surface area contributed by atoms with Crippen LogP contribution in [0.3, 0.4) is 0 Å². The van der Waals surface area contributed by atoms with E-state index >= 15 is 0 Å². The highest BCUT2D eigenvalue weighted by atomic mass is 15.0. The molecule has 4 aromatic rings. The molecule has 0 amide bonds. The number of aromatic nitrogens is 2. The van der Waals surface area contributed by atoms with Gasteiger partial charge in [-0.25, -0.2) is 0 Å². The second kappa shape index (κ2) is 1.93. The highest BCUT2D eigenvalue weighted by molar-refractivity contribution is 5.98. The normalized spacial score (nSPS) is 12.3. The monoisotopic (exact) mass is 180 g/mol. The summed E-state index contributed by atoms with van der Waals surface area (Å²) in [7, 11) is 0. The zero-order valence-electron chi connectivity index (χ0n) is 7.49. The molecular weight excluding hydrogens is 172 g/mol. The summed E-state index contributed by atoms with van der Waals surface area (Å²) in [6.45, 7) is 0. The van der Waals surface area contributed by atoms with Crippen molar-refractivity contribution in [1.82, 2.24) is 9.38 Å². The van der Waals surface area contributed by atoms with Gasteiger partial charge in [0.05, 0.1) is 11.0 Å². The van der Waals surface area contributed by atoms with Gasteiger partial charge in [-0.1, -0.05) is 18.2 Å². The van der Waals surface area contributed by atoms with E-state index in [0.29, 0.717) is 0 Å². The van der Waals surface area contributed by atoms with Crippen LogP contribution in [0.25, 0.3) is 27.6 Å². The van der Waals surface area contributed by atoms with Crippen molar-refractivity contribution in [2.45, 2.75) is 0 Å². The van der Waals surface area contributed by atoms with Crippen LogP contribution in [0.5, 0.6) is 0 Å². The van der Waals surface area contributed by atoms with E-state index in [-0.39, 0.29) is 0 Å². The Hall–Kier alpha value is -1.96. The van der Waals surface area contributed by atoms with Crippen LogP contribution >= 0.6 is 0 Å². The smallest absolute Gasteiger partial charge is 0.115 e. The van der Waals surface area contributed by atoms with Crippen LogP contribution < -0.4 is 0 Å². The SMILES string of the molecule is c1cc2ccc3ccc4[nH]c(c1)c2n34. The van der Waals surface area contributed by atoms with E-state index in [1.165, 1.54) is 27.6 Å². The van der Waals surface area contributed by atoms with Crippen molar-refractivity contribution in [1.29, 1.82) is 0 Å². The highest BCUT2D eigenvalue weighted by Crippen LogP contribution is 2.26. The maximum atomic E-state index is 3.40. The first-order valence-corrected chi connectivity index (χ1v) is 4.74. The molecule has 0 aliphatic rings. The van der Waals surface area contributed by atoms with Gasteiger partial charge in [0.1, 0.15) is 5.65 Å². The lowest BCUT2D eigenvalue weighted by atomic mass is 10.2. The molecule has 0 atom stereocenters. The number of hydrogen-bond acceptors (Lipinski definition) is 0. The first-order valence-electron chi connectivity index (χ1n) is 4.74. The summed E-state index contributed by atoms with van der Waals surface area (Å²) >= 11 is 0. The van der Waals surface area contributed by atoms with E-state index in [0.717, 1.165) is 0 Å². The Morgan fingerprint density at radius 3 is 2.86 bits per heavy atom. The van der Waals surface area contributed by atoms with Gasteiger partial charge in [-0.15, -0.1) is 0 Å². The van der Waals surface area contributed by atoms with E-state index < -0.39 is 0 Å². The average molecular weight is 180 g/mol. The summed E-state index contributed by atoms with van der Waals surface area (Å²) in [5.74, 6) is 0. The van der Waals surface area contributed by atoms with Crippen LogP contribution in [0.4, 0.5) is 0 Å². The minimum absolute atomic E-state index is 1.17. The molecule has 2 nitrogen and oxygen atoms in total. The largest absolute Gasteiger partial charge is 0.340 e. The van der Waals surface area contributed by atoms with E-state index in [4.69, 9.17) is 0 Å². The van der Waals surface area contributed by atoms with Crippen molar-refractivity contribution in [3.05, 3.63) is 42.5 Å². The number of hydrogen-bond donors (Lipinski definition) is 1. The molecule has 66 valence electrons. The Morgan fingerprint density at radius 2 is 1.86 bits per heavy atom. The third-order valence-electron chi connectivity index (χ3n) is 2.90. The Morgan fingerprint density at radius 1 is 0.929 bits per heavy atom. The standard InChI is InChI=1S/C12H8N2/c1-2-8-4-5-9-6-7-11-13-10(3-1)12(8)14(9)11/h1-7,13H. The van der Waals surface area contributed by atoms with Crippen LogP contribution in [0.2, 0.25) is 0 Å². The molecule has 1 aromatic carbocycles. The fourth-order valence-corrected chi connectivity index (χ4v) is 2.29. The highest BCUT2D eigenvalue weighted by Gasteiger charge is 2.08. The molecule has 14 heavy (non-hydrogen) atoms. The van der Waals surface area contributed by atoms with Crippen LogP contribution in [0.1, 0.15) is 0 Å². The van der Waals surface area contributed by atoms with E-state index in [1.54, 1.807) is 0 Å². The molecule has 0 unspecified atom stereocenters. The maximum Gasteiger partial charge on any atom is 0.115 e. The Bertz CT molecular complexity index is 714. The minimum Gasteiger partial charge on any atom is -0.340 e. The van der Waals surface area contributed by atoms with Crippen LogP contribution in [-0.2, 0) is 0 Å². The fraction of sp³-hybridized carbons (Fsp3) is 0. The molecule has 0 bridgehead atoms. The molecule has 2 heteroatoms. The number of imidazole rings is 1. The summed E-state index contributed by atoms with van der Waals surface area (Å²) < 4.78 is 2.27. The quantitative estimate of drug-likeness (QED) is 0.429. The summed E-state index contributed by atoms with van der Waals surface area (Å²) in [4.78, 5) is 3.40. The van der Waals surface area contributed by atoms with Gasteiger partial charge in [0.25, 0.3) is 0 Å². The van der Waals surface area contributed by atoms with Crippen LogP contribution in [-0.4, -0.2) is 9.38 Å². The molecule has 0 radical (unpaired) electrons. The molecule has 0 aliphatic heterocycles. The number of nitrogens with one attached hydrogen (secondary N) is 1. The lowest BCUT2D eigenvalue weighted by Gasteiger charge is -1.99. The average Bonchev–Trinajstić information content (AvgIpc) is 2.75. The predicted octanol–water partition coefficient (Wildman–Crippen LogP) is 3.01. The molecule has 1 N–H and O–H groups in total. The zero-order chi connectivity index (χ0) is 9.12. The van der Waals surface area contributed by atoms with Crippen LogP contribution in [0, 0.1) is 0 Å². The number of pyridine rings is 1. The molecule has 3 heterocycles. The molecule has 0 aliphatic carbocycles. The topological polar surface area (TPSA) is 20.2 Å². The first kappa shape index (κ1) is 6.49. The summed E-state index contributed by atoms with van der Waals surface area (Å²) in [5, 5.41) is 1.29. The Kier molecular flexibility index (Phi) is 0.892. The predicted molar refractivity (Wildman–Crippen MR) is 57.9 cm³/mol. The van der Waals surface area contributed by atoms with Gasteiger partial charge in [0.15, 0.2) is 0 Å². The van der Waals surface area contributed by atoms with Gasteiger partial charge in [0, 0.05) is 10.9 Å². The maximum absolute atomic E-state index is 3.40. The molecule has 0 fully saturated rings. The number of aromatic amines is 1. The van der Waals surface area contributed by atoms with Crippen molar-refractivity contribution in [2.24, 2.45) is 0 Å². The molecule has 3 aromatic heterocycles. The zero-order valence-corrected chi connectivity index (χ0v) is 7.49. The third-order valence-corrected chi connectivity index (χ3v) is 2.90. The first-order chi connectivity index (χ1) is 6.93. The lowest BCUT2D eigenvalue weighted by molar-refractivity contribution is 1.33. The Balaban J connectivity index is 2.58. The number of H-pyrrole nitrogens is 1. The van der Waals surface area contributed by atoms with Crippen molar-refractivity contribution in [2.75, 3.05) is 0 Å². The van der Waals surface area contributed by atoms with Gasteiger partial charge in [0.2, 0.25) is 0 Å². The van der Waals surface area contributed by atoms with Gasteiger partial charge in [-0.3, -0.25) is 4.40 Å². The molecule has 0 saturated heterocycles. The molecule has 0 saturated carbocycles. The van der Waals surface area contributed by atoms with Crippen molar-refractivity contribution >= 4 is 27.6 Å². The number of nitrogens with zero attached hydrogens (tertiary/aromatic N) is 1. The Labute approximate surface area is 80.1 Å². The van der Waals surface area contributed by atoms with Gasteiger partial charge in [-0.2, -0.15) is 0 Å². The van der Waals surface area contributed by atoms with Crippen molar-refractivity contribution in [3.63, 3.8) is 0 Å². The summed E-state index contributed by atoms with van der Waals surface area (Å²) in [6.07, 6.45) is 0. The van der Waals surface area contributed by atoms with Crippen molar-refractivity contribution < 1.29 is 0 Å². The number of benzene rings is 1. The van der Waals surface area contributed by atoms with Crippen LogP contribution in [0.15, 0.2) is 42.5 Å². The van der Waals surface area contributed by atoms with E-state index in [1.807, 2.05) is 0 Å². The van der Waals surface area contributed by atoms with Crippen molar-refractivity contribution in [3.8, 4) is 0 Å². The molecule has 0 spiro atoms. The molecule has 4 rings (SSSR count). The number of para-hydroxylation sites is 1. The number of rotatable bonds is 0. The third kappa shape index (κ3) is 0.567. The fourth-order valence-electron chi connectivity index (χ4n) is 2.29. The summed E-state index contributed by atoms with van der Waals surface area (Å²) in [5.41, 5.74) is 4.94. The van der Waals surface area contributed by atoms with Gasteiger partial charge >= 0.3 is 0 Å². The van der Waals surface area contributed by atoms with E-state index in [9.17, 15) is 0 Å². The second-order valence-corrected chi connectivity index (χ2v) is 3.68. The summed E-state index contributed by atoms with van der Waals surface area (Å²) in [6, 6.07) is 14.9. The van der Waals surface area contributed by atoms with Gasteiger partial charge < -0.3 is 4.98 Å². The second-order valence-electron chi connectivity index (χ2n) is 3.68. The lowest BCUT2D eigenvalue weighted by Crippen LogP contribution is -1.82. The minimum atomic E-state index is 1.17.